The van der Waals surface area contributed by atoms with Crippen LogP contribution in [0, 0.1) is 0 Å². The van der Waals surface area contributed by atoms with Crippen molar-refractivity contribution >= 4 is 0 Å². The minimum absolute atomic E-state index is 0.412. The predicted octanol–water partition coefficient (Wildman–Crippen LogP) is 3.39. The van der Waals surface area contributed by atoms with E-state index in [1.807, 2.05) is 19.1 Å². The maximum absolute atomic E-state index is 11.0. The zero-order valence-corrected chi connectivity index (χ0v) is 12.2. The molecule has 2 aliphatic rings. The van der Waals surface area contributed by atoms with Gasteiger partial charge in [-0.25, -0.2) is 0 Å². The van der Waals surface area contributed by atoms with Gasteiger partial charge in [0.25, 0.3) is 0 Å². The minimum atomic E-state index is -0.585. The third kappa shape index (κ3) is 2.33. The standard InChI is InChI=1S/C17H24O3/c1-2-20-17(10-3-4-11-17)16(18)14-9-5-7-13-8-6-12-19-15(13)14/h5,7,9,16,18H,2-4,6,8,10-12H2,1H3. The summed E-state index contributed by atoms with van der Waals surface area (Å²) in [5, 5.41) is 11.0. The number of fused-ring (bicyclic) bond motifs is 1. The molecule has 1 heterocycles. The Morgan fingerprint density at radius 3 is 2.85 bits per heavy atom. The average Bonchev–Trinajstić information content (AvgIpc) is 2.96. The van der Waals surface area contributed by atoms with Crippen LogP contribution in [0.3, 0.4) is 0 Å². The fourth-order valence-corrected chi connectivity index (χ4v) is 3.67. The van der Waals surface area contributed by atoms with Gasteiger partial charge in [0.2, 0.25) is 0 Å². The number of rotatable bonds is 4. The van der Waals surface area contributed by atoms with Crippen LogP contribution in [0.2, 0.25) is 0 Å². The molecule has 0 radical (unpaired) electrons. The van der Waals surface area contributed by atoms with E-state index in [1.165, 1.54) is 5.56 Å². The molecule has 0 aromatic heterocycles. The van der Waals surface area contributed by atoms with Gasteiger partial charge in [0, 0.05) is 12.2 Å². The van der Waals surface area contributed by atoms with E-state index in [1.54, 1.807) is 0 Å². The molecule has 1 aromatic rings. The monoisotopic (exact) mass is 276 g/mol. The second-order valence-corrected chi connectivity index (χ2v) is 5.89. The zero-order valence-electron chi connectivity index (χ0n) is 12.2. The summed E-state index contributed by atoms with van der Waals surface area (Å²) in [6, 6.07) is 6.13. The summed E-state index contributed by atoms with van der Waals surface area (Å²) in [4.78, 5) is 0. The molecule has 1 unspecified atom stereocenters. The van der Waals surface area contributed by atoms with Gasteiger partial charge in [-0.2, -0.15) is 0 Å². The highest BCUT2D eigenvalue weighted by atomic mass is 16.5. The smallest absolute Gasteiger partial charge is 0.128 e. The molecule has 1 aliphatic heterocycles. The topological polar surface area (TPSA) is 38.7 Å². The van der Waals surface area contributed by atoms with Gasteiger partial charge in [-0.05, 0) is 38.2 Å². The minimum Gasteiger partial charge on any atom is -0.493 e. The molecule has 0 amide bonds. The fraction of sp³-hybridized carbons (Fsp3) is 0.647. The number of aryl methyl sites for hydroxylation is 1. The highest BCUT2D eigenvalue weighted by molar-refractivity contribution is 5.45. The summed E-state index contributed by atoms with van der Waals surface area (Å²) in [7, 11) is 0. The first-order chi connectivity index (χ1) is 9.77. The molecule has 1 N–H and O–H groups in total. The predicted molar refractivity (Wildman–Crippen MR) is 78.0 cm³/mol. The lowest BCUT2D eigenvalue weighted by molar-refractivity contribution is -0.119. The van der Waals surface area contributed by atoms with E-state index in [0.29, 0.717) is 6.61 Å². The van der Waals surface area contributed by atoms with Gasteiger partial charge in [-0.3, -0.25) is 0 Å². The molecular weight excluding hydrogens is 252 g/mol. The third-order valence-electron chi connectivity index (χ3n) is 4.64. The SMILES string of the molecule is CCOC1(C(O)c2cccc3c2OCCC3)CCCC1. The number of hydrogen-bond acceptors (Lipinski definition) is 3. The van der Waals surface area contributed by atoms with Gasteiger partial charge in [-0.1, -0.05) is 31.0 Å². The van der Waals surface area contributed by atoms with Crippen LogP contribution in [0.15, 0.2) is 18.2 Å². The normalized spacial score (nSPS) is 22.1. The third-order valence-corrected chi connectivity index (χ3v) is 4.64. The zero-order chi connectivity index (χ0) is 14.0. The van der Waals surface area contributed by atoms with Crippen molar-refractivity contribution in [2.24, 2.45) is 0 Å². The van der Waals surface area contributed by atoms with Crippen LogP contribution in [-0.2, 0) is 11.2 Å². The lowest BCUT2D eigenvalue weighted by Gasteiger charge is -2.35. The van der Waals surface area contributed by atoms with E-state index < -0.39 is 11.7 Å². The van der Waals surface area contributed by atoms with Crippen LogP contribution in [0.25, 0.3) is 0 Å². The average molecular weight is 276 g/mol. The molecule has 110 valence electrons. The number of benzene rings is 1. The molecule has 20 heavy (non-hydrogen) atoms. The van der Waals surface area contributed by atoms with Gasteiger partial charge >= 0.3 is 0 Å². The molecular formula is C17H24O3. The number of ether oxygens (including phenoxy) is 2. The van der Waals surface area contributed by atoms with Crippen molar-refractivity contribution < 1.29 is 14.6 Å². The maximum atomic E-state index is 11.0. The summed E-state index contributed by atoms with van der Waals surface area (Å²) >= 11 is 0. The Balaban J connectivity index is 1.95. The van der Waals surface area contributed by atoms with Gasteiger partial charge in [0.15, 0.2) is 0 Å². The summed E-state index contributed by atoms with van der Waals surface area (Å²) in [5.41, 5.74) is 1.72. The van der Waals surface area contributed by atoms with E-state index in [2.05, 4.69) is 6.07 Å². The van der Waals surface area contributed by atoms with Crippen LogP contribution in [-0.4, -0.2) is 23.9 Å². The van der Waals surface area contributed by atoms with E-state index in [9.17, 15) is 5.11 Å². The highest BCUT2D eigenvalue weighted by Gasteiger charge is 2.43. The molecule has 0 bridgehead atoms. The van der Waals surface area contributed by atoms with Crippen molar-refractivity contribution in [3.63, 3.8) is 0 Å². The molecule has 1 saturated carbocycles. The van der Waals surface area contributed by atoms with Gasteiger partial charge in [-0.15, -0.1) is 0 Å². The Labute approximate surface area is 120 Å². The lowest BCUT2D eigenvalue weighted by Crippen LogP contribution is -2.37. The van der Waals surface area contributed by atoms with Crippen molar-refractivity contribution in [2.45, 2.75) is 57.2 Å². The molecule has 3 rings (SSSR count). The largest absolute Gasteiger partial charge is 0.493 e. The molecule has 1 fully saturated rings. The number of aliphatic hydroxyl groups is 1. The van der Waals surface area contributed by atoms with Gasteiger partial charge in [0.1, 0.15) is 11.9 Å². The summed E-state index contributed by atoms with van der Waals surface area (Å²) < 4.78 is 11.8. The van der Waals surface area contributed by atoms with Crippen molar-refractivity contribution in [3.8, 4) is 5.75 Å². The summed E-state index contributed by atoms with van der Waals surface area (Å²) in [6.45, 7) is 3.40. The van der Waals surface area contributed by atoms with Gasteiger partial charge < -0.3 is 14.6 Å². The van der Waals surface area contributed by atoms with E-state index in [-0.39, 0.29) is 0 Å². The summed E-state index contributed by atoms with van der Waals surface area (Å²) in [6.07, 6.45) is 5.65. The molecule has 1 atom stereocenters. The Bertz CT molecular complexity index is 463. The first kappa shape index (κ1) is 13.9. The second kappa shape index (κ2) is 5.74. The van der Waals surface area contributed by atoms with Crippen molar-refractivity contribution in [1.29, 1.82) is 0 Å². The van der Waals surface area contributed by atoms with E-state index in [4.69, 9.17) is 9.47 Å². The van der Waals surface area contributed by atoms with Crippen LogP contribution in [0.5, 0.6) is 5.75 Å². The summed E-state index contributed by atoms with van der Waals surface area (Å²) in [5.74, 6) is 0.900. The second-order valence-electron chi connectivity index (χ2n) is 5.89. The molecule has 1 aromatic carbocycles. The Morgan fingerprint density at radius 2 is 2.10 bits per heavy atom. The van der Waals surface area contributed by atoms with Crippen LogP contribution < -0.4 is 4.74 Å². The Kier molecular flexibility index (Phi) is 3.99. The maximum Gasteiger partial charge on any atom is 0.128 e. The van der Waals surface area contributed by atoms with E-state index in [0.717, 1.165) is 56.4 Å². The van der Waals surface area contributed by atoms with Crippen molar-refractivity contribution in [3.05, 3.63) is 29.3 Å². The van der Waals surface area contributed by atoms with Crippen LogP contribution in [0.4, 0.5) is 0 Å². The first-order valence-corrected chi connectivity index (χ1v) is 7.83. The lowest BCUT2D eigenvalue weighted by atomic mass is 9.87. The fourth-order valence-electron chi connectivity index (χ4n) is 3.67. The van der Waals surface area contributed by atoms with E-state index >= 15 is 0 Å². The molecule has 0 spiro atoms. The van der Waals surface area contributed by atoms with Gasteiger partial charge in [0.05, 0.1) is 12.2 Å². The number of hydrogen-bond donors (Lipinski definition) is 1. The molecule has 1 aliphatic carbocycles. The Hall–Kier alpha value is -1.06. The van der Waals surface area contributed by atoms with Crippen LogP contribution in [0.1, 0.15) is 56.3 Å². The quantitative estimate of drug-likeness (QED) is 0.916. The molecule has 3 nitrogen and oxygen atoms in total. The Morgan fingerprint density at radius 1 is 1.30 bits per heavy atom. The van der Waals surface area contributed by atoms with Crippen molar-refractivity contribution in [2.75, 3.05) is 13.2 Å². The van der Waals surface area contributed by atoms with Crippen LogP contribution >= 0.6 is 0 Å². The number of aliphatic hydroxyl groups excluding tert-OH is 1. The number of para-hydroxylation sites is 1. The molecule has 0 saturated heterocycles. The highest BCUT2D eigenvalue weighted by Crippen LogP contribution is 2.46. The van der Waals surface area contributed by atoms with Crippen molar-refractivity contribution in [1.82, 2.24) is 0 Å². The molecule has 3 heteroatoms. The first-order valence-electron chi connectivity index (χ1n) is 7.83.